The molecule has 0 aromatic heterocycles. The van der Waals surface area contributed by atoms with Gasteiger partial charge < -0.3 is 4.79 Å². The summed E-state index contributed by atoms with van der Waals surface area (Å²) in [6, 6.07) is 0. The monoisotopic (exact) mass is 140 g/mol. The van der Waals surface area contributed by atoms with Crippen LogP contribution in [0.2, 0.25) is 0 Å². The Morgan fingerprint density at radius 1 is 1.50 bits per heavy atom. The molecule has 0 saturated carbocycles. The smallest absolute Gasteiger partial charge is 0.125 e. The fourth-order valence-corrected chi connectivity index (χ4v) is 0.862. The zero-order valence-electron chi connectivity index (χ0n) is 7.27. The summed E-state index contributed by atoms with van der Waals surface area (Å²) >= 11 is 0. The van der Waals surface area contributed by atoms with Crippen LogP contribution in [0.25, 0.3) is 0 Å². The summed E-state index contributed by atoms with van der Waals surface area (Å²) in [6.45, 7) is 7.95. The molecule has 1 nitrogen and oxygen atoms in total. The summed E-state index contributed by atoms with van der Waals surface area (Å²) in [5.41, 5.74) is 1.09. The van der Waals surface area contributed by atoms with Crippen molar-refractivity contribution in [3.8, 4) is 0 Å². The van der Waals surface area contributed by atoms with Gasteiger partial charge in [0.15, 0.2) is 0 Å². The fourth-order valence-electron chi connectivity index (χ4n) is 0.862. The zero-order chi connectivity index (χ0) is 8.20. The van der Waals surface area contributed by atoms with Gasteiger partial charge in [0.1, 0.15) is 6.29 Å². The Balaban J connectivity index is 4.01. The van der Waals surface area contributed by atoms with Gasteiger partial charge in [0.05, 0.1) is 0 Å². The second-order valence-corrected chi connectivity index (χ2v) is 3.42. The van der Waals surface area contributed by atoms with E-state index in [0.717, 1.165) is 12.7 Å². The fraction of sp³-hybridized carbons (Fsp3) is 0.667. The van der Waals surface area contributed by atoms with Gasteiger partial charge in [0.2, 0.25) is 0 Å². The first-order valence-electron chi connectivity index (χ1n) is 3.60. The first kappa shape index (κ1) is 9.41. The van der Waals surface area contributed by atoms with Crippen molar-refractivity contribution in [1.29, 1.82) is 0 Å². The molecule has 0 atom stereocenters. The summed E-state index contributed by atoms with van der Waals surface area (Å²) in [5, 5.41) is 0. The highest BCUT2D eigenvalue weighted by atomic mass is 16.1. The molecule has 0 aromatic rings. The molecule has 0 N–H and O–H groups in total. The molecular formula is C9H16O. The van der Waals surface area contributed by atoms with Crippen molar-refractivity contribution in [1.82, 2.24) is 0 Å². The minimum absolute atomic E-state index is 0.184. The van der Waals surface area contributed by atoms with Gasteiger partial charge >= 0.3 is 0 Å². The van der Waals surface area contributed by atoms with Crippen molar-refractivity contribution < 1.29 is 4.79 Å². The third-order valence-electron chi connectivity index (χ3n) is 1.55. The van der Waals surface area contributed by atoms with E-state index < -0.39 is 0 Å². The number of carbonyl (C=O) groups is 1. The number of allylic oxidation sites excluding steroid dienone is 2. The third kappa shape index (κ3) is 3.44. The molecule has 0 unspecified atom stereocenters. The summed E-state index contributed by atoms with van der Waals surface area (Å²) in [4.78, 5) is 10.5. The Kier molecular flexibility index (Phi) is 3.34. The zero-order valence-corrected chi connectivity index (χ0v) is 7.27. The van der Waals surface area contributed by atoms with E-state index >= 15 is 0 Å². The number of carbonyl (C=O) groups excluding carboxylic acids is 1. The summed E-state index contributed by atoms with van der Waals surface area (Å²) in [6.07, 6.45) is 3.93. The summed E-state index contributed by atoms with van der Waals surface area (Å²) in [7, 11) is 0. The van der Waals surface area contributed by atoms with Crippen molar-refractivity contribution in [2.24, 2.45) is 5.41 Å². The van der Waals surface area contributed by atoms with E-state index in [9.17, 15) is 4.79 Å². The van der Waals surface area contributed by atoms with Crippen LogP contribution in [-0.2, 0) is 4.79 Å². The minimum Gasteiger partial charge on any atom is -0.303 e. The maximum absolute atomic E-state index is 10.5. The molecule has 58 valence electrons. The highest BCUT2D eigenvalue weighted by Crippen LogP contribution is 2.21. The first-order chi connectivity index (χ1) is 4.52. The van der Waals surface area contributed by atoms with E-state index in [1.54, 1.807) is 0 Å². The van der Waals surface area contributed by atoms with Crippen LogP contribution in [0.3, 0.4) is 0 Å². The molecule has 0 aliphatic carbocycles. The standard InChI is InChI=1S/C9H16O/c1-5-8(2)6-9(3,4)7-10/h5,7H,6H2,1-4H3/b8-5-. The molecule has 0 fully saturated rings. The van der Waals surface area contributed by atoms with Crippen molar-refractivity contribution in [2.45, 2.75) is 34.1 Å². The maximum atomic E-state index is 10.5. The van der Waals surface area contributed by atoms with E-state index in [-0.39, 0.29) is 5.41 Å². The molecule has 0 radical (unpaired) electrons. The normalized spacial score (nSPS) is 13.4. The Morgan fingerprint density at radius 3 is 2.30 bits per heavy atom. The lowest BCUT2D eigenvalue weighted by Crippen LogP contribution is -2.12. The maximum Gasteiger partial charge on any atom is 0.125 e. The highest BCUT2D eigenvalue weighted by Gasteiger charge is 2.15. The largest absolute Gasteiger partial charge is 0.303 e. The predicted octanol–water partition coefficient (Wildman–Crippen LogP) is 2.57. The van der Waals surface area contributed by atoms with E-state index in [4.69, 9.17) is 0 Å². The third-order valence-corrected chi connectivity index (χ3v) is 1.55. The van der Waals surface area contributed by atoms with Crippen LogP contribution in [0.15, 0.2) is 11.6 Å². The molecule has 0 spiro atoms. The molecule has 0 saturated heterocycles. The van der Waals surface area contributed by atoms with Gasteiger partial charge in [0.25, 0.3) is 0 Å². The molecule has 0 rings (SSSR count). The van der Waals surface area contributed by atoms with Crippen molar-refractivity contribution in [3.63, 3.8) is 0 Å². The molecule has 0 heterocycles. The van der Waals surface area contributed by atoms with Crippen LogP contribution < -0.4 is 0 Å². The van der Waals surface area contributed by atoms with Gasteiger partial charge in [-0.05, 0) is 20.3 Å². The van der Waals surface area contributed by atoms with Crippen LogP contribution in [0.5, 0.6) is 0 Å². The summed E-state index contributed by atoms with van der Waals surface area (Å²) < 4.78 is 0. The van der Waals surface area contributed by atoms with Gasteiger partial charge in [-0.2, -0.15) is 0 Å². The average molecular weight is 140 g/mol. The lowest BCUT2D eigenvalue weighted by atomic mass is 9.88. The Labute approximate surface area is 63.1 Å². The molecule has 0 amide bonds. The Hall–Kier alpha value is -0.590. The number of rotatable bonds is 3. The quantitative estimate of drug-likeness (QED) is 0.435. The topological polar surface area (TPSA) is 17.1 Å². The molecule has 10 heavy (non-hydrogen) atoms. The molecule has 0 aliphatic rings. The molecule has 0 bridgehead atoms. The molecule has 0 aliphatic heterocycles. The molecular weight excluding hydrogens is 124 g/mol. The van der Waals surface area contributed by atoms with Crippen LogP contribution in [-0.4, -0.2) is 6.29 Å². The van der Waals surface area contributed by atoms with Gasteiger partial charge in [-0.15, -0.1) is 0 Å². The van der Waals surface area contributed by atoms with Crippen LogP contribution in [0.1, 0.15) is 34.1 Å². The number of hydrogen-bond donors (Lipinski definition) is 0. The SMILES string of the molecule is C/C=C(/C)CC(C)(C)C=O. The highest BCUT2D eigenvalue weighted by molar-refractivity contribution is 5.58. The van der Waals surface area contributed by atoms with Gasteiger partial charge in [0, 0.05) is 5.41 Å². The van der Waals surface area contributed by atoms with E-state index in [1.165, 1.54) is 5.57 Å². The first-order valence-corrected chi connectivity index (χ1v) is 3.60. The second kappa shape index (κ2) is 3.55. The second-order valence-electron chi connectivity index (χ2n) is 3.42. The molecule has 1 heteroatoms. The number of hydrogen-bond acceptors (Lipinski definition) is 1. The lowest BCUT2D eigenvalue weighted by Gasteiger charge is -2.16. The Morgan fingerprint density at radius 2 is 2.00 bits per heavy atom. The van der Waals surface area contributed by atoms with E-state index in [0.29, 0.717) is 0 Å². The van der Waals surface area contributed by atoms with Gasteiger partial charge in [-0.25, -0.2) is 0 Å². The van der Waals surface area contributed by atoms with E-state index in [1.807, 2.05) is 33.8 Å². The van der Waals surface area contributed by atoms with E-state index in [2.05, 4.69) is 0 Å². The van der Waals surface area contributed by atoms with Crippen LogP contribution in [0, 0.1) is 5.41 Å². The van der Waals surface area contributed by atoms with Crippen molar-refractivity contribution in [2.75, 3.05) is 0 Å². The van der Waals surface area contributed by atoms with Gasteiger partial charge in [-0.3, -0.25) is 0 Å². The summed E-state index contributed by atoms with van der Waals surface area (Å²) in [5.74, 6) is 0. The van der Waals surface area contributed by atoms with Crippen molar-refractivity contribution in [3.05, 3.63) is 11.6 Å². The molecule has 0 aromatic carbocycles. The lowest BCUT2D eigenvalue weighted by molar-refractivity contribution is -0.114. The Bertz CT molecular complexity index is 143. The van der Waals surface area contributed by atoms with Crippen molar-refractivity contribution >= 4 is 6.29 Å². The average Bonchev–Trinajstić information content (AvgIpc) is 1.87. The van der Waals surface area contributed by atoms with Crippen LogP contribution in [0.4, 0.5) is 0 Å². The minimum atomic E-state index is -0.184. The van der Waals surface area contributed by atoms with Gasteiger partial charge in [-0.1, -0.05) is 25.5 Å². The van der Waals surface area contributed by atoms with Crippen LogP contribution >= 0.6 is 0 Å². The number of aldehydes is 1. The predicted molar refractivity (Wildman–Crippen MR) is 43.9 cm³/mol.